The van der Waals surface area contributed by atoms with Crippen molar-refractivity contribution < 1.29 is 18.8 Å². The molecule has 2 aromatic heterocycles. The van der Waals surface area contributed by atoms with Gasteiger partial charge in [-0.25, -0.2) is 4.98 Å². The number of hydrogen-bond acceptors (Lipinski definition) is 6. The number of nitrogens with one attached hydrogen (secondary N) is 1. The molecule has 2 heterocycles. The van der Waals surface area contributed by atoms with Crippen LogP contribution in [0.3, 0.4) is 0 Å². The summed E-state index contributed by atoms with van der Waals surface area (Å²) >= 11 is 6.14. The Morgan fingerprint density at radius 1 is 1.18 bits per heavy atom. The average molecular weight is 468 g/mol. The average Bonchev–Trinajstić information content (AvgIpc) is 3.18. The van der Waals surface area contributed by atoms with Crippen molar-refractivity contribution in [1.82, 2.24) is 9.56 Å². The molecule has 4 rings (SSSR count). The topological polar surface area (TPSA) is 95.1 Å². The minimum absolute atomic E-state index is 0.0121. The van der Waals surface area contributed by atoms with Gasteiger partial charge in [-0.15, -0.1) is 4.57 Å². The van der Waals surface area contributed by atoms with E-state index >= 15 is 0 Å². The van der Waals surface area contributed by atoms with Crippen molar-refractivity contribution in [3.05, 3.63) is 87.5 Å². The maximum atomic E-state index is 12.9. The molecule has 1 N–H and O–H groups in total. The third kappa shape index (κ3) is 5.35. The van der Waals surface area contributed by atoms with Crippen LogP contribution in [-0.2, 0) is 11.4 Å². The number of ether oxygens (including phenoxy) is 2. The standard InChI is InChI=1S/C24H22ClN3O5/c1-3-20(32-18-7-5-4-6-8-18)24(30)27-19-12-16(25)9-10-21(19)31-14-17-13-23(29)28-22(26-17)11-15(2)33-28/h4-13,20H,3,14H2,1-2H3,(H,27,30)/t20-/m0/s1. The quantitative estimate of drug-likeness (QED) is 0.406. The van der Waals surface area contributed by atoms with Gasteiger partial charge in [0, 0.05) is 17.2 Å². The molecule has 170 valence electrons. The number of carbonyl (C=O) groups excluding carboxylic acids is 1. The molecular weight excluding hydrogens is 446 g/mol. The molecule has 2 aromatic carbocycles. The first-order valence-corrected chi connectivity index (χ1v) is 10.7. The van der Waals surface area contributed by atoms with E-state index in [1.165, 1.54) is 6.07 Å². The molecule has 0 spiro atoms. The van der Waals surface area contributed by atoms with E-state index in [0.717, 1.165) is 4.57 Å². The molecule has 33 heavy (non-hydrogen) atoms. The number of fused-ring (bicyclic) bond motifs is 1. The smallest absolute Gasteiger partial charge is 0.287 e. The van der Waals surface area contributed by atoms with Crippen LogP contribution in [0.2, 0.25) is 5.02 Å². The summed E-state index contributed by atoms with van der Waals surface area (Å²) in [5, 5.41) is 3.26. The fraction of sp³-hybridized carbons (Fsp3) is 0.208. The SMILES string of the molecule is CC[C@H](Oc1ccccc1)C(=O)Nc1cc(Cl)ccc1OCc1cc(=O)n2oc(C)cc2n1. The highest BCUT2D eigenvalue weighted by atomic mass is 35.5. The van der Waals surface area contributed by atoms with Crippen molar-refractivity contribution in [2.45, 2.75) is 33.0 Å². The summed E-state index contributed by atoms with van der Waals surface area (Å²) in [4.78, 5) is 29.5. The van der Waals surface area contributed by atoms with Crippen molar-refractivity contribution in [3.63, 3.8) is 0 Å². The van der Waals surface area contributed by atoms with Gasteiger partial charge < -0.3 is 19.3 Å². The molecule has 0 saturated heterocycles. The van der Waals surface area contributed by atoms with Crippen molar-refractivity contribution in [1.29, 1.82) is 0 Å². The van der Waals surface area contributed by atoms with Gasteiger partial charge in [-0.3, -0.25) is 9.59 Å². The molecule has 0 saturated carbocycles. The number of anilines is 1. The van der Waals surface area contributed by atoms with Crippen LogP contribution < -0.4 is 20.3 Å². The first-order chi connectivity index (χ1) is 15.9. The molecule has 4 aromatic rings. The molecule has 9 heteroatoms. The van der Waals surface area contributed by atoms with Crippen LogP contribution >= 0.6 is 11.6 Å². The van der Waals surface area contributed by atoms with E-state index in [1.54, 1.807) is 43.3 Å². The van der Waals surface area contributed by atoms with Crippen molar-refractivity contribution in [2.24, 2.45) is 0 Å². The third-order valence-corrected chi connectivity index (χ3v) is 5.02. The summed E-state index contributed by atoms with van der Waals surface area (Å²) in [5.74, 6) is 1.22. The molecule has 8 nitrogen and oxygen atoms in total. The highest BCUT2D eigenvalue weighted by molar-refractivity contribution is 6.31. The molecule has 1 atom stereocenters. The van der Waals surface area contributed by atoms with Crippen LogP contribution in [0.1, 0.15) is 24.8 Å². The summed E-state index contributed by atoms with van der Waals surface area (Å²) < 4.78 is 18.1. The summed E-state index contributed by atoms with van der Waals surface area (Å²) in [6.45, 7) is 3.61. The fourth-order valence-electron chi connectivity index (χ4n) is 3.22. The lowest BCUT2D eigenvalue weighted by Crippen LogP contribution is -2.32. The molecule has 0 unspecified atom stereocenters. The number of rotatable bonds is 8. The second-order valence-electron chi connectivity index (χ2n) is 7.33. The Labute approximate surface area is 194 Å². The van der Waals surface area contributed by atoms with Gasteiger partial charge in [0.25, 0.3) is 11.5 Å². The molecule has 1 amide bonds. The number of amides is 1. The van der Waals surface area contributed by atoms with Crippen molar-refractivity contribution in [3.8, 4) is 11.5 Å². The lowest BCUT2D eigenvalue weighted by Gasteiger charge is -2.19. The van der Waals surface area contributed by atoms with E-state index in [1.807, 2.05) is 25.1 Å². The minimum Gasteiger partial charge on any atom is -0.485 e. The number of aromatic nitrogens is 2. The van der Waals surface area contributed by atoms with Crippen LogP contribution in [0.4, 0.5) is 5.69 Å². The molecule has 0 aliphatic rings. The van der Waals surface area contributed by atoms with Gasteiger partial charge in [0.2, 0.25) is 0 Å². The zero-order valence-corrected chi connectivity index (χ0v) is 18.8. The number of nitrogens with zero attached hydrogens (tertiary/aromatic N) is 2. The maximum absolute atomic E-state index is 12.9. The highest BCUT2D eigenvalue weighted by Gasteiger charge is 2.20. The lowest BCUT2D eigenvalue weighted by molar-refractivity contribution is -0.122. The minimum atomic E-state index is -0.701. The van der Waals surface area contributed by atoms with Gasteiger partial charge in [0.15, 0.2) is 11.8 Å². The van der Waals surface area contributed by atoms with E-state index in [0.29, 0.717) is 45.7 Å². The zero-order valence-electron chi connectivity index (χ0n) is 18.1. The maximum Gasteiger partial charge on any atom is 0.287 e. The zero-order chi connectivity index (χ0) is 23.4. The van der Waals surface area contributed by atoms with Crippen LogP contribution in [0.25, 0.3) is 5.65 Å². The van der Waals surface area contributed by atoms with Gasteiger partial charge >= 0.3 is 0 Å². The van der Waals surface area contributed by atoms with Gasteiger partial charge in [-0.2, -0.15) is 0 Å². The molecule has 0 aliphatic carbocycles. The van der Waals surface area contributed by atoms with Crippen LogP contribution in [0, 0.1) is 6.92 Å². The summed E-state index contributed by atoms with van der Waals surface area (Å²) in [6, 6.07) is 17.0. The largest absolute Gasteiger partial charge is 0.485 e. The second kappa shape index (κ2) is 9.79. The predicted molar refractivity (Wildman–Crippen MR) is 124 cm³/mol. The number of hydrogen-bond donors (Lipinski definition) is 1. The Morgan fingerprint density at radius 2 is 1.97 bits per heavy atom. The van der Waals surface area contributed by atoms with Crippen molar-refractivity contribution in [2.75, 3.05) is 5.32 Å². The van der Waals surface area contributed by atoms with Gasteiger partial charge in [0.05, 0.1) is 11.4 Å². The second-order valence-corrected chi connectivity index (χ2v) is 7.77. The Bertz CT molecular complexity index is 1330. The third-order valence-electron chi connectivity index (χ3n) is 4.78. The monoisotopic (exact) mass is 467 g/mol. The summed E-state index contributed by atoms with van der Waals surface area (Å²) in [6.07, 6.45) is -0.233. The highest BCUT2D eigenvalue weighted by Crippen LogP contribution is 2.29. The Kier molecular flexibility index (Phi) is 6.65. The molecule has 0 radical (unpaired) electrons. The number of aryl methyl sites for hydroxylation is 1. The predicted octanol–water partition coefficient (Wildman–Crippen LogP) is 4.62. The Morgan fingerprint density at radius 3 is 2.73 bits per heavy atom. The Balaban J connectivity index is 1.50. The van der Waals surface area contributed by atoms with Gasteiger partial charge in [-0.1, -0.05) is 36.7 Å². The van der Waals surface area contributed by atoms with E-state index in [2.05, 4.69) is 10.3 Å². The van der Waals surface area contributed by atoms with E-state index in [4.69, 9.17) is 25.6 Å². The first-order valence-electron chi connectivity index (χ1n) is 10.4. The Hall–Kier alpha value is -3.78. The number of halogens is 1. The van der Waals surface area contributed by atoms with Gasteiger partial charge in [-0.05, 0) is 43.7 Å². The summed E-state index contributed by atoms with van der Waals surface area (Å²) in [7, 11) is 0. The van der Waals surface area contributed by atoms with Gasteiger partial charge in [0.1, 0.15) is 23.9 Å². The molecule has 0 bridgehead atoms. The van der Waals surface area contributed by atoms with E-state index in [9.17, 15) is 9.59 Å². The van der Waals surface area contributed by atoms with E-state index < -0.39 is 6.10 Å². The van der Waals surface area contributed by atoms with Crippen molar-refractivity contribution >= 4 is 28.8 Å². The number of para-hydroxylation sites is 1. The first kappa shape index (κ1) is 22.4. The van der Waals surface area contributed by atoms with E-state index in [-0.39, 0.29) is 18.1 Å². The number of benzene rings is 2. The molecule has 0 fully saturated rings. The molecular formula is C24H22ClN3O5. The normalized spacial score (nSPS) is 11.8. The van der Waals surface area contributed by atoms with Crippen LogP contribution in [0.5, 0.6) is 11.5 Å². The van der Waals surface area contributed by atoms with Crippen LogP contribution in [-0.4, -0.2) is 21.6 Å². The van der Waals surface area contributed by atoms with Crippen LogP contribution in [0.15, 0.2) is 70.0 Å². The fourth-order valence-corrected chi connectivity index (χ4v) is 3.40. The lowest BCUT2D eigenvalue weighted by atomic mass is 10.2. The summed E-state index contributed by atoms with van der Waals surface area (Å²) in [5.41, 5.74) is 0.860. The number of carbonyl (C=O) groups is 1. The molecule has 0 aliphatic heterocycles.